The minimum absolute atomic E-state index is 0.0415. The second-order valence-electron chi connectivity index (χ2n) is 6.09. The molecule has 2 aromatic carbocycles. The van der Waals surface area contributed by atoms with E-state index in [1.165, 1.54) is 19.1 Å². The number of ether oxygens (including phenoxy) is 2. The van der Waals surface area contributed by atoms with Crippen molar-refractivity contribution in [3.8, 4) is 0 Å². The third-order valence-corrected chi connectivity index (χ3v) is 4.84. The molecular weight excluding hydrogens is 410 g/mol. The maximum absolute atomic E-state index is 11.5. The molecule has 0 spiro atoms. The molecule has 2 rings (SSSR count). The first-order valence-electron chi connectivity index (χ1n) is 8.64. The van der Waals surface area contributed by atoms with E-state index in [9.17, 15) is 14.4 Å². The van der Waals surface area contributed by atoms with Crippen LogP contribution in [0.3, 0.4) is 0 Å². The Morgan fingerprint density at radius 1 is 0.897 bits per heavy atom. The van der Waals surface area contributed by atoms with Crippen LogP contribution in [0.15, 0.2) is 58.3 Å². The Hall–Kier alpha value is -2.45. The maximum Gasteiger partial charge on any atom is 0.309 e. The van der Waals surface area contributed by atoms with Crippen molar-refractivity contribution in [3.05, 3.63) is 59.7 Å². The molecule has 0 radical (unpaired) electrons. The van der Waals surface area contributed by atoms with E-state index in [0.29, 0.717) is 6.42 Å². The summed E-state index contributed by atoms with van der Waals surface area (Å²) in [6.07, 6.45) is 0.534. The van der Waals surface area contributed by atoms with Crippen LogP contribution in [0, 0.1) is 0 Å². The van der Waals surface area contributed by atoms with Gasteiger partial charge in [-0.15, -0.1) is 12.6 Å². The van der Waals surface area contributed by atoms with Crippen LogP contribution in [-0.4, -0.2) is 50.4 Å². The van der Waals surface area contributed by atoms with Gasteiger partial charge in [-0.2, -0.15) is 0 Å². The smallest absolute Gasteiger partial charge is 0.309 e. The molecule has 0 saturated heterocycles. The van der Waals surface area contributed by atoms with Crippen molar-refractivity contribution < 1.29 is 23.9 Å². The molecule has 1 amide bonds. The molecule has 2 aromatic rings. The van der Waals surface area contributed by atoms with Gasteiger partial charge in [-0.25, -0.2) is 0 Å². The average molecular weight is 436 g/mol. The summed E-state index contributed by atoms with van der Waals surface area (Å²) >= 11 is 5.29. The van der Waals surface area contributed by atoms with Gasteiger partial charge >= 0.3 is 11.9 Å². The first-order chi connectivity index (χ1) is 13.7. The first-order valence-corrected chi connectivity index (χ1v) is 9.91. The van der Waals surface area contributed by atoms with Crippen LogP contribution in [-0.2, 0) is 31.9 Å². The summed E-state index contributed by atoms with van der Waals surface area (Å²) in [6.45, 7) is 0. The molecule has 0 aliphatic rings. The predicted octanol–water partition coefficient (Wildman–Crippen LogP) is 3.87. The van der Waals surface area contributed by atoms with Gasteiger partial charge in [-0.1, -0.05) is 24.3 Å². The third kappa shape index (κ3) is 10.0. The quantitative estimate of drug-likeness (QED) is 0.437. The van der Waals surface area contributed by atoms with E-state index >= 15 is 0 Å². The van der Waals surface area contributed by atoms with Crippen molar-refractivity contribution in [1.82, 2.24) is 4.90 Å². The van der Waals surface area contributed by atoms with E-state index in [0.717, 1.165) is 32.7 Å². The van der Waals surface area contributed by atoms with E-state index in [2.05, 4.69) is 22.1 Å². The minimum atomic E-state index is -0.286. The molecule has 0 fully saturated rings. The van der Waals surface area contributed by atoms with Crippen molar-refractivity contribution in [2.24, 2.45) is 0 Å². The molecule has 0 aliphatic heterocycles. The van der Waals surface area contributed by atoms with Crippen LogP contribution in [0.5, 0.6) is 0 Å². The molecule has 0 aromatic heterocycles. The summed E-state index contributed by atoms with van der Waals surface area (Å²) in [4.78, 5) is 36.7. The largest absolute Gasteiger partial charge is 0.469 e. The fourth-order valence-electron chi connectivity index (χ4n) is 2.06. The van der Waals surface area contributed by atoms with Crippen LogP contribution >= 0.6 is 24.4 Å². The Balaban J connectivity index is 0.000000308. The molecule has 29 heavy (non-hydrogen) atoms. The van der Waals surface area contributed by atoms with Crippen molar-refractivity contribution in [3.63, 3.8) is 0 Å². The number of nitrogens with zero attached hydrogens (tertiary/aromatic N) is 1. The van der Waals surface area contributed by atoms with E-state index in [1.54, 1.807) is 14.1 Å². The number of amides is 1. The first kappa shape index (κ1) is 24.6. The van der Waals surface area contributed by atoms with Crippen LogP contribution < -0.4 is 0 Å². The second-order valence-corrected chi connectivity index (χ2v) is 7.63. The van der Waals surface area contributed by atoms with Gasteiger partial charge in [0.25, 0.3) is 5.24 Å². The molecule has 0 N–H and O–H groups in total. The molecule has 156 valence electrons. The Morgan fingerprint density at radius 3 is 1.90 bits per heavy atom. The van der Waals surface area contributed by atoms with E-state index < -0.39 is 0 Å². The molecule has 0 heterocycles. The number of rotatable bonds is 5. The number of methoxy groups -OCH3 is 2. The fraction of sp³-hybridized carbons (Fsp3) is 0.286. The van der Waals surface area contributed by atoms with E-state index in [4.69, 9.17) is 0 Å². The molecule has 0 bridgehead atoms. The summed E-state index contributed by atoms with van der Waals surface area (Å²) in [5.41, 5.74) is 1.77. The van der Waals surface area contributed by atoms with Gasteiger partial charge < -0.3 is 14.4 Å². The number of hydrogen-bond donors (Lipinski definition) is 1. The van der Waals surface area contributed by atoms with Crippen LogP contribution in [0.2, 0.25) is 0 Å². The number of benzene rings is 2. The lowest BCUT2D eigenvalue weighted by atomic mass is 10.1. The zero-order chi connectivity index (χ0) is 21.8. The Kier molecular flexibility index (Phi) is 10.9. The van der Waals surface area contributed by atoms with Gasteiger partial charge in [0, 0.05) is 23.9 Å². The van der Waals surface area contributed by atoms with Gasteiger partial charge in [-0.3, -0.25) is 14.4 Å². The van der Waals surface area contributed by atoms with Crippen LogP contribution in [0.1, 0.15) is 11.1 Å². The van der Waals surface area contributed by atoms with Gasteiger partial charge in [-0.05, 0) is 47.2 Å². The summed E-state index contributed by atoms with van der Waals surface area (Å²) in [5.74, 6) is -0.514. The Bertz CT molecular complexity index is 839. The van der Waals surface area contributed by atoms with E-state index in [1.807, 2.05) is 48.5 Å². The lowest BCUT2D eigenvalue weighted by Gasteiger charge is -2.09. The van der Waals surface area contributed by atoms with Crippen LogP contribution in [0.25, 0.3) is 0 Å². The number of esters is 2. The summed E-state index contributed by atoms with van der Waals surface area (Å²) in [5, 5.41) is -0.0415. The van der Waals surface area contributed by atoms with Gasteiger partial charge in [0.1, 0.15) is 0 Å². The highest BCUT2D eigenvalue weighted by Crippen LogP contribution is 2.21. The lowest BCUT2D eigenvalue weighted by Crippen LogP contribution is -2.16. The van der Waals surface area contributed by atoms with Crippen molar-refractivity contribution in [2.75, 3.05) is 28.3 Å². The summed E-state index contributed by atoms with van der Waals surface area (Å²) in [6, 6.07) is 14.8. The molecule has 0 atom stereocenters. The number of hydrogen-bond acceptors (Lipinski definition) is 7. The van der Waals surface area contributed by atoms with Gasteiger partial charge in [0.15, 0.2) is 0 Å². The molecule has 0 unspecified atom stereocenters. The normalized spacial score (nSPS) is 9.69. The summed E-state index contributed by atoms with van der Waals surface area (Å²) in [7, 11) is 6.14. The van der Waals surface area contributed by atoms with Crippen molar-refractivity contribution in [2.45, 2.75) is 22.6 Å². The van der Waals surface area contributed by atoms with E-state index in [-0.39, 0.29) is 23.6 Å². The van der Waals surface area contributed by atoms with Crippen molar-refractivity contribution >= 4 is 41.6 Å². The minimum Gasteiger partial charge on any atom is -0.469 e. The number of thiol groups is 1. The monoisotopic (exact) mass is 435 g/mol. The topological polar surface area (TPSA) is 72.9 Å². The zero-order valence-electron chi connectivity index (χ0n) is 16.9. The standard InChI is InChI=1S/C12H15NO3S.C9H10O2S/c1-13(2)12(15)17-10-6-4-5-9(7-10)8-11(14)16-3;1-11-9(10)6-7-3-2-4-8(12)5-7/h4-7H,8H2,1-3H3;2-5,12H,6H2,1H3. The number of carbonyl (C=O) groups is 3. The zero-order valence-corrected chi connectivity index (χ0v) is 18.6. The highest BCUT2D eigenvalue weighted by molar-refractivity contribution is 8.13. The lowest BCUT2D eigenvalue weighted by molar-refractivity contribution is -0.140. The van der Waals surface area contributed by atoms with Crippen molar-refractivity contribution in [1.29, 1.82) is 0 Å². The Morgan fingerprint density at radius 2 is 1.41 bits per heavy atom. The molecule has 0 aliphatic carbocycles. The molecular formula is C21H25NO5S2. The highest BCUT2D eigenvalue weighted by atomic mass is 32.2. The Labute approximate surface area is 181 Å². The second kappa shape index (κ2) is 12.9. The third-order valence-electron chi connectivity index (χ3n) is 3.53. The van der Waals surface area contributed by atoms with Gasteiger partial charge in [0.05, 0.1) is 27.1 Å². The average Bonchev–Trinajstić information content (AvgIpc) is 2.68. The maximum atomic E-state index is 11.5. The highest BCUT2D eigenvalue weighted by Gasteiger charge is 2.08. The van der Waals surface area contributed by atoms with Gasteiger partial charge in [0.2, 0.25) is 0 Å². The molecule has 0 saturated carbocycles. The molecule has 6 nitrogen and oxygen atoms in total. The number of carbonyl (C=O) groups excluding carboxylic acids is 3. The summed E-state index contributed by atoms with van der Waals surface area (Å²) < 4.78 is 9.12. The SMILES string of the molecule is COC(=O)Cc1cccc(S)c1.COC(=O)Cc1cccc(SC(=O)N(C)C)c1. The van der Waals surface area contributed by atoms with Crippen LogP contribution in [0.4, 0.5) is 4.79 Å². The molecule has 8 heteroatoms. The number of thioether (sulfide) groups is 1. The predicted molar refractivity (Wildman–Crippen MR) is 117 cm³/mol. The fourth-order valence-corrected chi connectivity index (χ4v) is 3.05.